The lowest BCUT2D eigenvalue weighted by Crippen LogP contribution is -2.34. The van der Waals surface area contributed by atoms with Crippen molar-refractivity contribution in [2.24, 2.45) is 0 Å². The van der Waals surface area contributed by atoms with Gasteiger partial charge in [0.25, 0.3) is 0 Å². The molecule has 0 saturated heterocycles. The topological polar surface area (TPSA) is 73.5 Å². The van der Waals surface area contributed by atoms with Crippen molar-refractivity contribution < 1.29 is 9.59 Å². The van der Waals surface area contributed by atoms with Crippen LogP contribution in [0.3, 0.4) is 0 Å². The number of hydrogen-bond donors (Lipinski definition) is 3. The van der Waals surface area contributed by atoms with Gasteiger partial charge < -0.3 is 16.0 Å². The second kappa shape index (κ2) is 12.9. The van der Waals surface area contributed by atoms with Crippen molar-refractivity contribution in [1.29, 1.82) is 0 Å². The number of carbonyl (C=O) groups excluding carboxylic acids is 2. The Morgan fingerprint density at radius 1 is 0.781 bits per heavy atom. The molecule has 6 heteroatoms. The number of rotatable bonds is 11. The van der Waals surface area contributed by atoms with Gasteiger partial charge in [0.05, 0.1) is 6.54 Å². The maximum absolute atomic E-state index is 12.5. The molecule has 32 heavy (non-hydrogen) atoms. The Labute approximate surface area is 192 Å². The third-order valence-electron chi connectivity index (χ3n) is 5.72. The molecule has 3 amide bonds. The molecule has 2 rings (SSSR count). The summed E-state index contributed by atoms with van der Waals surface area (Å²) in [6.45, 7) is 12.8. The van der Waals surface area contributed by atoms with Crippen LogP contribution in [-0.2, 0) is 4.79 Å². The third kappa shape index (κ3) is 8.00. The van der Waals surface area contributed by atoms with Crippen LogP contribution in [0.4, 0.5) is 16.2 Å². The summed E-state index contributed by atoms with van der Waals surface area (Å²) >= 11 is 0. The van der Waals surface area contributed by atoms with Gasteiger partial charge >= 0.3 is 6.03 Å². The van der Waals surface area contributed by atoms with E-state index in [-0.39, 0.29) is 11.9 Å². The fourth-order valence-corrected chi connectivity index (χ4v) is 3.75. The fraction of sp³-hybridized carbons (Fsp3) is 0.462. The zero-order chi connectivity index (χ0) is 23.5. The SMILES string of the molecule is CCN(CCCCCNC(=O)Nc1c(C)cccc1C)CC(=O)Nc1c(C)cccc1C. The molecule has 0 bridgehead atoms. The Balaban J connectivity index is 1.64. The van der Waals surface area contributed by atoms with Gasteiger partial charge in [0.2, 0.25) is 5.91 Å². The number of carbonyl (C=O) groups is 2. The summed E-state index contributed by atoms with van der Waals surface area (Å²) in [4.78, 5) is 26.8. The van der Waals surface area contributed by atoms with Crippen LogP contribution in [0.25, 0.3) is 0 Å². The standard InChI is InChI=1S/C26H38N4O2/c1-6-30(18-23(31)28-24-19(2)12-10-13-20(24)3)17-9-7-8-16-27-26(32)29-25-21(4)14-11-15-22(25)5/h10-15H,6-9,16-18H2,1-5H3,(H,28,31)(H2,27,29,32). The largest absolute Gasteiger partial charge is 0.338 e. The van der Waals surface area contributed by atoms with Crippen molar-refractivity contribution in [2.45, 2.75) is 53.9 Å². The first kappa shape index (κ1) is 25.4. The molecule has 0 unspecified atom stereocenters. The highest BCUT2D eigenvalue weighted by Gasteiger charge is 2.12. The molecule has 0 atom stereocenters. The van der Waals surface area contributed by atoms with Crippen LogP contribution in [0.2, 0.25) is 0 Å². The summed E-state index contributed by atoms with van der Waals surface area (Å²) in [6.07, 6.45) is 2.90. The number of anilines is 2. The average molecular weight is 439 g/mol. The van der Waals surface area contributed by atoms with Crippen LogP contribution in [0.1, 0.15) is 48.4 Å². The zero-order valence-electron chi connectivity index (χ0n) is 20.2. The van der Waals surface area contributed by atoms with Gasteiger partial charge in [-0.1, -0.05) is 49.7 Å². The molecule has 3 N–H and O–H groups in total. The number of benzene rings is 2. The third-order valence-corrected chi connectivity index (χ3v) is 5.72. The van der Waals surface area contributed by atoms with Gasteiger partial charge in [-0.15, -0.1) is 0 Å². The summed E-state index contributed by atoms with van der Waals surface area (Å²) < 4.78 is 0. The molecule has 0 spiro atoms. The number of amides is 3. The van der Waals surface area contributed by atoms with E-state index in [4.69, 9.17) is 0 Å². The number of nitrogens with one attached hydrogen (secondary N) is 3. The lowest BCUT2D eigenvalue weighted by Gasteiger charge is -2.20. The summed E-state index contributed by atoms with van der Waals surface area (Å²) in [7, 11) is 0. The number of unbranched alkanes of at least 4 members (excludes halogenated alkanes) is 2. The van der Waals surface area contributed by atoms with E-state index in [0.29, 0.717) is 13.1 Å². The van der Waals surface area contributed by atoms with Crippen molar-refractivity contribution in [3.05, 3.63) is 58.7 Å². The molecule has 0 fully saturated rings. The van der Waals surface area contributed by atoms with Crippen LogP contribution in [-0.4, -0.2) is 43.0 Å². The Hall–Kier alpha value is -2.86. The molecule has 0 aliphatic rings. The van der Waals surface area contributed by atoms with E-state index in [1.54, 1.807) is 0 Å². The second-order valence-electron chi connectivity index (χ2n) is 8.39. The van der Waals surface area contributed by atoms with E-state index < -0.39 is 0 Å². The Morgan fingerprint density at radius 2 is 1.31 bits per heavy atom. The number of aryl methyl sites for hydroxylation is 4. The normalized spacial score (nSPS) is 10.8. The molecule has 0 aliphatic carbocycles. The highest BCUT2D eigenvalue weighted by atomic mass is 16.2. The molecule has 174 valence electrons. The van der Waals surface area contributed by atoms with Crippen LogP contribution >= 0.6 is 0 Å². The van der Waals surface area contributed by atoms with Gasteiger partial charge in [-0.05, 0) is 75.9 Å². The fourth-order valence-electron chi connectivity index (χ4n) is 3.75. The summed E-state index contributed by atoms with van der Waals surface area (Å²) in [5.41, 5.74) is 6.07. The first-order chi connectivity index (χ1) is 15.3. The molecule has 0 heterocycles. The predicted molar refractivity (Wildman–Crippen MR) is 133 cm³/mol. The molecule has 0 aromatic heterocycles. The highest BCUT2D eigenvalue weighted by molar-refractivity contribution is 5.93. The maximum atomic E-state index is 12.5. The first-order valence-electron chi connectivity index (χ1n) is 11.5. The molecule has 2 aromatic rings. The van der Waals surface area contributed by atoms with E-state index in [0.717, 1.165) is 66.0 Å². The number of para-hydroxylation sites is 2. The molecule has 6 nitrogen and oxygen atoms in total. The minimum Gasteiger partial charge on any atom is -0.338 e. The lowest BCUT2D eigenvalue weighted by molar-refractivity contribution is -0.117. The van der Waals surface area contributed by atoms with Crippen LogP contribution in [0.5, 0.6) is 0 Å². The van der Waals surface area contributed by atoms with E-state index in [2.05, 4.69) is 27.8 Å². The van der Waals surface area contributed by atoms with Crippen molar-refractivity contribution in [2.75, 3.05) is 36.8 Å². The highest BCUT2D eigenvalue weighted by Crippen LogP contribution is 2.20. The zero-order valence-corrected chi connectivity index (χ0v) is 20.2. The monoisotopic (exact) mass is 438 g/mol. The smallest absolute Gasteiger partial charge is 0.319 e. The van der Waals surface area contributed by atoms with Crippen LogP contribution < -0.4 is 16.0 Å². The number of urea groups is 1. The number of hydrogen-bond acceptors (Lipinski definition) is 3. The maximum Gasteiger partial charge on any atom is 0.319 e. The van der Waals surface area contributed by atoms with E-state index >= 15 is 0 Å². The Morgan fingerprint density at radius 3 is 1.84 bits per heavy atom. The summed E-state index contributed by atoms with van der Waals surface area (Å²) in [6, 6.07) is 11.8. The van der Waals surface area contributed by atoms with E-state index in [9.17, 15) is 9.59 Å². The predicted octanol–water partition coefficient (Wildman–Crippen LogP) is 5.17. The van der Waals surface area contributed by atoms with Gasteiger partial charge in [-0.25, -0.2) is 4.79 Å². The molecule has 0 saturated carbocycles. The number of likely N-dealkylation sites (N-methyl/N-ethyl adjacent to an activating group) is 1. The average Bonchev–Trinajstić information content (AvgIpc) is 2.75. The van der Waals surface area contributed by atoms with Gasteiger partial charge in [0.15, 0.2) is 0 Å². The van der Waals surface area contributed by atoms with Crippen LogP contribution in [0.15, 0.2) is 36.4 Å². The molecule has 0 aliphatic heterocycles. The van der Waals surface area contributed by atoms with Crippen LogP contribution in [0, 0.1) is 27.7 Å². The molecule has 0 radical (unpaired) electrons. The van der Waals surface area contributed by atoms with Crippen molar-refractivity contribution in [3.8, 4) is 0 Å². The summed E-state index contributed by atoms with van der Waals surface area (Å²) in [5, 5.41) is 8.93. The quantitative estimate of drug-likeness (QED) is 0.424. The second-order valence-corrected chi connectivity index (χ2v) is 8.39. The lowest BCUT2D eigenvalue weighted by atomic mass is 10.1. The van der Waals surface area contributed by atoms with Gasteiger partial charge in [-0.3, -0.25) is 9.69 Å². The molecular weight excluding hydrogens is 400 g/mol. The van der Waals surface area contributed by atoms with Crippen molar-refractivity contribution >= 4 is 23.3 Å². The summed E-state index contributed by atoms with van der Waals surface area (Å²) in [5.74, 6) is 0.0223. The van der Waals surface area contributed by atoms with Gasteiger partial charge in [0, 0.05) is 17.9 Å². The van der Waals surface area contributed by atoms with Crippen molar-refractivity contribution in [1.82, 2.24) is 10.2 Å². The number of nitrogens with zero attached hydrogens (tertiary/aromatic N) is 1. The van der Waals surface area contributed by atoms with Gasteiger partial charge in [0.1, 0.15) is 0 Å². The molecule has 2 aromatic carbocycles. The minimum absolute atomic E-state index is 0.0223. The Kier molecular flexibility index (Phi) is 10.2. The van der Waals surface area contributed by atoms with Gasteiger partial charge in [-0.2, -0.15) is 0 Å². The minimum atomic E-state index is -0.166. The Bertz CT molecular complexity index is 870. The van der Waals surface area contributed by atoms with E-state index in [1.807, 2.05) is 64.1 Å². The van der Waals surface area contributed by atoms with Crippen molar-refractivity contribution in [3.63, 3.8) is 0 Å². The van der Waals surface area contributed by atoms with E-state index in [1.165, 1.54) is 0 Å². The molecular formula is C26H38N4O2. The first-order valence-corrected chi connectivity index (χ1v) is 11.5.